The summed E-state index contributed by atoms with van der Waals surface area (Å²) in [6, 6.07) is 23.2. The maximum Gasteiger partial charge on any atom is 0.340 e. The summed E-state index contributed by atoms with van der Waals surface area (Å²) in [5, 5.41) is 0. The Morgan fingerprint density at radius 2 is 1.63 bits per heavy atom. The molecule has 4 rings (SSSR count). The summed E-state index contributed by atoms with van der Waals surface area (Å²) in [6.45, 7) is 8.26. The van der Waals surface area contributed by atoms with E-state index in [4.69, 9.17) is 9.47 Å². The molecule has 0 unspecified atom stereocenters. The molecule has 5 heteroatoms. The quantitative estimate of drug-likeness (QED) is 0.309. The predicted octanol–water partition coefficient (Wildman–Crippen LogP) is 6.15. The maximum absolute atomic E-state index is 13.5. The molecule has 178 valence electrons. The van der Waals surface area contributed by atoms with Gasteiger partial charge in [0.2, 0.25) is 0 Å². The minimum absolute atomic E-state index is 0.230. The normalized spacial score (nSPS) is 14.6. The number of carbonyl (C=O) groups is 2. The van der Waals surface area contributed by atoms with Crippen molar-refractivity contribution in [3.8, 4) is 5.75 Å². The fraction of sp³-hybridized carbons (Fsp3) is 0.200. The number of rotatable bonds is 7. The van der Waals surface area contributed by atoms with Crippen molar-refractivity contribution < 1.29 is 19.1 Å². The smallest absolute Gasteiger partial charge is 0.340 e. The number of anilines is 1. The Kier molecular flexibility index (Phi) is 7.16. The van der Waals surface area contributed by atoms with E-state index >= 15 is 0 Å². The monoisotopic (exact) mass is 467 g/mol. The van der Waals surface area contributed by atoms with Crippen LogP contribution < -0.4 is 9.64 Å². The molecule has 0 saturated heterocycles. The van der Waals surface area contributed by atoms with Gasteiger partial charge in [-0.15, -0.1) is 0 Å². The van der Waals surface area contributed by atoms with E-state index in [2.05, 4.69) is 0 Å². The minimum atomic E-state index is -0.501. The summed E-state index contributed by atoms with van der Waals surface area (Å²) in [5.41, 5.74) is 5.98. The van der Waals surface area contributed by atoms with Crippen LogP contribution in [0.25, 0.3) is 6.08 Å². The van der Waals surface area contributed by atoms with E-state index in [1.807, 2.05) is 86.6 Å². The Morgan fingerprint density at radius 1 is 0.914 bits per heavy atom. The van der Waals surface area contributed by atoms with Gasteiger partial charge in [-0.2, -0.15) is 0 Å². The summed E-state index contributed by atoms with van der Waals surface area (Å²) in [6.07, 6.45) is 1.74. The Bertz CT molecular complexity index is 1300. The lowest BCUT2D eigenvalue weighted by molar-refractivity contribution is -0.138. The molecule has 1 aliphatic rings. The van der Waals surface area contributed by atoms with Gasteiger partial charge < -0.3 is 9.47 Å². The van der Waals surface area contributed by atoms with E-state index < -0.39 is 5.97 Å². The van der Waals surface area contributed by atoms with Crippen LogP contribution in [0.15, 0.2) is 89.6 Å². The van der Waals surface area contributed by atoms with Gasteiger partial charge in [0, 0.05) is 11.4 Å². The molecular formula is C30H29NO4. The lowest BCUT2D eigenvalue weighted by Gasteiger charge is -2.19. The van der Waals surface area contributed by atoms with Gasteiger partial charge in [0.25, 0.3) is 5.91 Å². The first-order chi connectivity index (χ1) is 16.9. The summed E-state index contributed by atoms with van der Waals surface area (Å²) in [4.78, 5) is 28.0. The van der Waals surface area contributed by atoms with E-state index in [0.717, 1.165) is 33.7 Å². The van der Waals surface area contributed by atoms with Crippen LogP contribution in [0.2, 0.25) is 0 Å². The number of benzene rings is 3. The van der Waals surface area contributed by atoms with Crippen molar-refractivity contribution in [1.29, 1.82) is 0 Å². The van der Waals surface area contributed by atoms with Gasteiger partial charge in [0.05, 0.1) is 17.8 Å². The summed E-state index contributed by atoms with van der Waals surface area (Å²) >= 11 is 0. The average Bonchev–Trinajstić information content (AvgIpc) is 3.10. The molecule has 0 bridgehead atoms. The van der Waals surface area contributed by atoms with Gasteiger partial charge in [-0.25, -0.2) is 4.79 Å². The van der Waals surface area contributed by atoms with Gasteiger partial charge in [0.1, 0.15) is 12.4 Å². The van der Waals surface area contributed by atoms with Crippen LogP contribution in [-0.2, 0) is 20.9 Å². The van der Waals surface area contributed by atoms with E-state index in [0.29, 0.717) is 23.5 Å². The maximum atomic E-state index is 13.5. The van der Waals surface area contributed by atoms with Crippen molar-refractivity contribution in [2.45, 2.75) is 34.3 Å². The fourth-order valence-corrected chi connectivity index (χ4v) is 4.02. The molecule has 5 nitrogen and oxygen atoms in total. The SMILES string of the molecule is CCOC(=O)C1=C(C)N(c2ccc(C)c(C)c2)C(=O)/C1=C\c1ccc(OCc2ccccc2)cc1. The number of amides is 1. The highest BCUT2D eigenvalue weighted by molar-refractivity contribution is 6.23. The molecule has 3 aromatic rings. The number of hydrogen-bond donors (Lipinski definition) is 0. The lowest BCUT2D eigenvalue weighted by atomic mass is 10.0. The van der Waals surface area contributed by atoms with Gasteiger partial charge >= 0.3 is 5.97 Å². The van der Waals surface area contributed by atoms with Crippen molar-refractivity contribution in [3.63, 3.8) is 0 Å². The van der Waals surface area contributed by atoms with Crippen molar-refractivity contribution in [1.82, 2.24) is 0 Å². The Balaban J connectivity index is 1.63. The minimum Gasteiger partial charge on any atom is -0.489 e. The van der Waals surface area contributed by atoms with Gasteiger partial charge in [-0.1, -0.05) is 48.5 Å². The van der Waals surface area contributed by atoms with E-state index in [9.17, 15) is 9.59 Å². The number of allylic oxidation sites excluding steroid dienone is 1. The fourth-order valence-electron chi connectivity index (χ4n) is 4.02. The molecule has 0 N–H and O–H groups in total. The second kappa shape index (κ2) is 10.4. The highest BCUT2D eigenvalue weighted by Crippen LogP contribution is 2.36. The Hall–Kier alpha value is -4.12. The van der Waals surface area contributed by atoms with Crippen LogP contribution in [0.3, 0.4) is 0 Å². The predicted molar refractivity (Wildman–Crippen MR) is 138 cm³/mol. The number of esters is 1. The third-order valence-electron chi connectivity index (χ3n) is 6.07. The number of aryl methyl sites for hydroxylation is 2. The highest BCUT2D eigenvalue weighted by Gasteiger charge is 2.38. The average molecular weight is 468 g/mol. The van der Waals surface area contributed by atoms with E-state index in [1.165, 1.54) is 0 Å². The first kappa shape index (κ1) is 24.0. The lowest BCUT2D eigenvalue weighted by Crippen LogP contribution is -2.24. The summed E-state index contributed by atoms with van der Waals surface area (Å²) in [5.74, 6) is -0.0280. The van der Waals surface area contributed by atoms with Crippen molar-refractivity contribution in [3.05, 3.63) is 112 Å². The Morgan fingerprint density at radius 3 is 2.29 bits per heavy atom. The number of ether oxygens (including phenoxy) is 2. The van der Waals surface area contributed by atoms with Crippen LogP contribution in [-0.4, -0.2) is 18.5 Å². The molecule has 1 heterocycles. The molecule has 0 spiro atoms. The molecule has 1 amide bonds. The highest BCUT2D eigenvalue weighted by atomic mass is 16.5. The zero-order valence-electron chi connectivity index (χ0n) is 20.5. The molecule has 0 fully saturated rings. The summed E-state index contributed by atoms with van der Waals surface area (Å²) < 4.78 is 11.2. The molecular weight excluding hydrogens is 438 g/mol. The second-order valence-electron chi connectivity index (χ2n) is 8.49. The van der Waals surface area contributed by atoms with E-state index in [-0.39, 0.29) is 12.5 Å². The molecule has 0 aromatic heterocycles. The molecule has 0 radical (unpaired) electrons. The van der Waals surface area contributed by atoms with E-state index in [1.54, 1.807) is 24.8 Å². The van der Waals surface area contributed by atoms with Gasteiger partial charge in [-0.05, 0) is 80.3 Å². The third kappa shape index (κ3) is 5.19. The van der Waals surface area contributed by atoms with Crippen LogP contribution in [0.4, 0.5) is 5.69 Å². The van der Waals surface area contributed by atoms with Crippen LogP contribution in [0.5, 0.6) is 5.75 Å². The summed E-state index contributed by atoms with van der Waals surface area (Å²) in [7, 11) is 0. The number of hydrogen-bond acceptors (Lipinski definition) is 4. The zero-order valence-corrected chi connectivity index (χ0v) is 20.5. The zero-order chi connectivity index (χ0) is 24.9. The van der Waals surface area contributed by atoms with Crippen LogP contribution >= 0.6 is 0 Å². The topological polar surface area (TPSA) is 55.8 Å². The first-order valence-electron chi connectivity index (χ1n) is 11.7. The van der Waals surface area contributed by atoms with Crippen molar-refractivity contribution in [2.75, 3.05) is 11.5 Å². The first-order valence-corrected chi connectivity index (χ1v) is 11.7. The standard InChI is InChI=1S/C30H29NO4/c1-5-34-30(33)28-22(4)31(25-14-11-20(2)21(3)17-25)29(32)27(28)18-23-12-15-26(16-13-23)35-19-24-9-7-6-8-10-24/h6-18H,5,19H2,1-4H3/b27-18-. The van der Waals surface area contributed by atoms with Crippen molar-refractivity contribution in [2.24, 2.45) is 0 Å². The third-order valence-corrected chi connectivity index (χ3v) is 6.07. The molecule has 1 aliphatic heterocycles. The molecule has 0 saturated carbocycles. The molecule has 3 aromatic carbocycles. The number of nitrogens with zero attached hydrogens (tertiary/aromatic N) is 1. The Labute approximate surface area is 206 Å². The molecule has 35 heavy (non-hydrogen) atoms. The molecule has 0 aliphatic carbocycles. The van der Waals surface area contributed by atoms with Crippen molar-refractivity contribution >= 4 is 23.6 Å². The number of carbonyl (C=O) groups excluding carboxylic acids is 2. The van der Waals surface area contributed by atoms with Gasteiger partial charge in [-0.3, -0.25) is 9.69 Å². The van der Waals surface area contributed by atoms with Gasteiger partial charge in [0.15, 0.2) is 0 Å². The largest absolute Gasteiger partial charge is 0.489 e. The molecule has 0 atom stereocenters. The second-order valence-corrected chi connectivity index (χ2v) is 8.49. The van der Waals surface area contributed by atoms with Crippen LogP contribution in [0.1, 0.15) is 36.1 Å². The van der Waals surface area contributed by atoms with Crippen LogP contribution in [0, 0.1) is 13.8 Å².